The number of nitrogens with zero attached hydrogens (tertiary/aromatic N) is 1. The molecule has 0 bridgehead atoms. The van der Waals surface area contributed by atoms with E-state index in [4.69, 9.17) is 20.8 Å². The third-order valence-electron chi connectivity index (χ3n) is 6.94. The summed E-state index contributed by atoms with van der Waals surface area (Å²) in [7, 11) is 1.53. The maximum Gasteiger partial charge on any atom is 0.253 e. The number of hydrogen-bond donors (Lipinski definition) is 2. The highest BCUT2D eigenvalue weighted by molar-refractivity contribution is 6.31. The number of ether oxygens (including phenoxy) is 1. The molecule has 4 aromatic rings. The molecule has 1 aliphatic heterocycles. The highest BCUT2D eigenvalue weighted by atomic mass is 35.5. The van der Waals surface area contributed by atoms with Gasteiger partial charge in [0.15, 0.2) is 0 Å². The van der Waals surface area contributed by atoms with Gasteiger partial charge in [0.25, 0.3) is 10.9 Å². The summed E-state index contributed by atoms with van der Waals surface area (Å²) in [6.45, 7) is 8.68. The van der Waals surface area contributed by atoms with Crippen molar-refractivity contribution < 1.29 is 13.5 Å². The lowest BCUT2D eigenvalue weighted by molar-refractivity contribution is 0.300. The summed E-state index contributed by atoms with van der Waals surface area (Å²) in [6, 6.07) is 11.5. The fourth-order valence-corrected chi connectivity index (χ4v) is 5.09. The molecule has 1 atom stereocenters. The summed E-state index contributed by atoms with van der Waals surface area (Å²) in [5, 5.41) is 6.97. The Morgan fingerprint density at radius 2 is 1.74 bits per heavy atom. The Hall–Kier alpha value is -3.78. The smallest absolute Gasteiger partial charge is 0.253 e. The van der Waals surface area contributed by atoms with Gasteiger partial charge in [-0.15, -0.1) is 0 Å². The van der Waals surface area contributed by atoms with Crippen molar-refractivity contribution in [2.24, 2.45) is 5.41 Å². The van der Waals surface area contributed by atoms with Gasteiger partial charge in [0.1, 0.15) is 34.5 Å². The van der Waals surface area contributed by atoms with Crippen LogP contribution in [0.1, 0.15) is 49.5 Å². The van der Waals surface area contributed by atoms with Crippen LogP contribution in [0.25, 0.3) is 0 Å². The van der Waals surface area contributed by atoms with Crippen LogP contribution in [-0.2, 0) is 13.1 Å². The lowest BCUT2D eigenvalue weighted by Crippen LogP contribution is -2.39. The van der Waals surface area contributed by atoms with Gasteiger partial charge in [-0.3, -0.25) is 9.59 Å². The summed E-state index contributed by atoms with van der Waals surface area (Å²) in [5.41, 5.74) is 1.56. The zero-order chi connectivity index (χ0) is 27.4. The zero-order valence-corrected chi connectivity index (χ0v) is 22.6. The number of anilines is 4. The Morgan fingerprint density at radius 3 is 2.39 bits per heavy atom. The van der Waals surface area contributed by atoms with Crippen molar-refractivity contribution >= 4 is 34.4 Å². The third-order valence-corrected chi connectivity index (χ3v) is 7.29. The van der Waals surface area contributed by atoms with E-state index in [0.717, 1.165) is 16.9 Å². The first kappa shape index (κ1) is 25.9. The van der Waals surface area contributed by atoms with Crippen LogP contribution in [0.2, 0.25) is 5.02 Å². The predicted octanol–water partition coefficient (Wildman–Crippen LogP) is 6.45. The van der Waals surface area contributed by atoms with E-state index in [1.54, 1.807) is 24.3 Å². The van der Waals surface area contributed by atoms with Crippen LogP contribution < -0.4 is 31.1 Å². The van der Waals surface area contributed by atoms with E-state index in [0.29, 0.717) is 41.0 Å². The number of benzene rings is 2. The van der Waals surface area contributed by atoms with Gasteiger partial charge in [0, 0.05) is 35.4 Å². The summed E-state index contributed by atoms with van der Waals surface area (Å²) in [4.78, 5) is 27.2. The third kappa shape index (κ3) is 4.53. The molecule has 1 aromatic heterocycles. The molecule has 2 N–H and O–H groups in total. The molecule has 0 radical (unpaired) electrons. The number of aryl methyl sites for hydroxylation is 1. The Balaban J connectivity index is 1.46. The number of rotatable bonds is 7. The van der Waals surface area contributed by atoms with Crippen LogP contribution in [0.15, 0.2) is 56.5 Å². The van der Waals surface area contributed by atoms with Crippen molar-refractivity contribution in [3.05, 3.63) is 96.4 Å². The Morgan fingerprint density at radius 1 is 1.03 bits per heavy atom. The fourth-order valence-electron chi connectivity index (χ4n) is 4.85. The molecular formula is C29H29ClFN3O4. The summed E-state index contributed by atoms with van der Waals surface area (Å²) in [5.74, 6) is 1.60. The van der Waals surface area contributed by atoms with Crippen molar-refractivity contribution in [3.63, 3.8) is 0 Å². The highest BCUT2D eigenvalue weighted by Crippen LogP contribution is 2.41. The number of furan rings is 1. The number of halogens is 2. The highest BCUT2D eigenvalue weighted by Gasteiger charge is 2.34. The minimum absolute atomic E-state index is 0.183. The molecule has 2 heterocycles. The largest absolute Gasteiger partial charge is 0.497 e. The van der Waals surface area contributed by atoms with Gasteiger partial charge >= 0.3 is 0 Å². The molecule has 5 rings (SSSR count). The van der Waals surface area contributed by atoms with E-state index in [1.165, 1.54) is 13.2 Å². The van der Waals surface area contributed by atoms with Gasteiger partial charge in [-0.2, -0.15) is 0 Å². The average molecular weight is 538 g/mol. The van der Waals surface area contributed by atoms with E-state index in [1.807, 2.05) is 44.7 Å². The van der Waals surface area contributed by atoms with Crippen LogP contribution in [0.4, 0.5) is 27.1 Å². The van der Waals surface area contributed by atoms with Crippen molar-refractivity contribution in [2.75, 3.05) is 22.6 Å². The maximum atomic E-state index is 14.7. The second kappa shape index (κ2) is 9.51. The second-order valence-electron chi connectivity index (χ2n) is 10.7. The first-order chi connectivity index (χ1) is 18.0. The van der Waals surface area contributed by atoms with Gasteiger partial charge in [-0.1, -0.05) is 32.4 Å². The average Bonchev–Trinajstić information content (AvgIpc) is 3.51. The van der Waals surface area contributed by atoms with E-state index in [9.17, 15) is 14.0 Å². The van der Waals surface area contributed by atoms with Crippen LogP contribution in [0.5, 0.6) is 5.75 Å². The fraction of sp³-hybridized carbons (Fsp3) is 0.310. The van der Waals surface area contributed by atoms with Crippen LogP contribution in [-0.4, -0.2) is 7.11 Å². The monoisotopic (exact) mass is 537 g/mol. The quantitative estimate of drug-likeness (QED) is 0.262. The molecule has 0 saturated heterocycles. The lowest BCUT2D eigenvalue weighted by Gasteiger charge is -2.31. The molecule has 7 nitrogen and oxygen atoms in total. The number of fused-ring (bicyclic) bond motifs is 1. The number of methoxy groups -OCH3 is 1. The molecule has 0 saturated carbocycles. The Kier molecular flexibility index (Phi) is 6.47. The lowest BCUT2D eigenvalue weighted by atomic mass is 9.85. The van der Waals surface area contributed by atoms with Crippen molar-refractivity contribution in [1.29, 1.82) is 0 Å². The second-order valence-corrected chi connectivity index (χ2v) is 11.1. The standard InChI is InChI=1S/C29H29ClFN3O4/c1-15-6-11-23(38-15)28(29(2,3)4)33-25-24(26(35)27(25)36)32-21-10-8-19(30)17-13-34(14-18(17)21)22-12-16(37-5)7-9-20(22)31/h6-12,28,32-33H,13-14H2,1-5H3/t28-/m0/s1. The molecule has 0 unspecified atom stereocenters. The molecule has 38 heavy (non-hydrogen) atoms. The summed E-state index contributed by atoms with van der Waals surface area (Å²) < 4.78 is 25.8. The van der Waals surface area contributed by atoms with E-state index in [-0.39, 0.29) is 28.6 Å². The maximum absolute atomic E-state index is 14.7. The molecule has 9 heteroatoms. The molecule has 198 valence electrons. The SMILES string of the molecule is COc1ccc(F)c(N2Cc3c(Cl)ccc(Nc4c(N[C@@H](c5ccc(C)o5)C(C)(C)C)c(=O)c4=O)c3C2)c1. The predicted molar refractivity (Wildman–Crippen MR) is 148 cm³/mol. The van der Waals surface area contributed by atoms with Gasteiger partial charge in [-0.05, 0) is 54.3 Å². The van der Waals surface area contributed by atoms with Crippen LogP contribution in [0.3, 0.4) is 0 Å². The normalized spacial score (nSPS) is 14.0. The topological polar surface area (TPSA) is 83.8 Å². The van der Waals surface area contributed by atoms with Gasteiger partial charge in [0.05, 0.1) is 18.8 Å². The molecule has 0 fully saturated rings. The minimum atomic E-state index is -0.604. The number of hydrogen-bond acceptors (Lipinski definition) is 7. The van der Waals surface area contributed by atoms with Gasteiger partial charge in [0.2, 0.25) is 0 Å². The molecule has 3 aromatic carbocycles. The molecular weight excluding hydrogens is 509 g/mol. The van der Waals surface area contributed by atoms with Crippen molar-refractivity contribution in [3.8, 4) is 5.75 Å². The zero-order valence-electron chi connectivity index (χ0n) is 21.9. The minimum Gasteiger partial charge on any atom is -0.497 e. The molecule has 0 aliphatic carbocycles. The van der Waals surface area contributed by atoms with Crippen LogP contribution in [0, 0.1) is 18.2 Å². The molecule has 0 amide bonds. The summed E-state index contributed by atoms with van der Waals surface area (Å²) >= 11 is 6.52. The van der Waals surface area contributed by atoms with Gasteiger partial charge in [-0.25, -0.2) is 4.39 Å². The number of nitrogens with one attached hydrogen (secondary N) is 2. The Labute approximate surface area is 224 Å². The van der Waals surface area contributed by atoms with E-state index < -0.39 is 10.9 Å². The first-order valence-electron chi connectivity index (χ1n) is 12.3. The van der Waals surface area contributed by atoms with Crippen molar-refractivity contribution in [2.45, 2.75) is 46.8 Å². The summed E-state index contributed by atoms with van der Waals surface area (Å²) in [6.07, 6.45) is 0. The van der Waals surface area contributed by atoms with Gasteiger partial charge < -0.3 is 24.7 Å². The van der Waals surface area contributed by atoms with E-state index >= 15 is 0 Å². The van der Waals surface area contributed by atoms with Crippen molar-refractivity contribution in [1.82, 2.24) is 0 Å². The first-order valence-corrected chi connectivity index (χ1v) is 12.7. The van der Waals surface area contributed by atoms with Crippen LogP contribution >= 0.6 is 11.6 Å². The molecule has 0 spiro atoms. The van der Waals surface area contributed by atoms with E-state index in [2.05, 4.69) is 10.6 Å². The molecule has 1 aliphatic rings. The Bertz CT molecular complexity index is 1600.